The zero-order valence-electron chi connectivity index (χ0n) is 14.2. The van der Waals surface area contributed by atoms with Gasteiger partial charge in [0.15, 0.2) is 5.13 Å². The highest BCUT2D eigenvalue weighted by molar-refractivity contribution is 7.22. The second kappa shape index (κ2) is 6.65. The van der Waals surface area contributed by atoms with Gasteiger partial charge in [-0.25, -0.2) is 9.78 Å². The molecule has 0 aliphatic carbocycles. The van der Waals surface area contributed by atoms with Gasteiger partial charge in [-0.3, -0.25) is 15.1 Å². The predicted octanol–water partition coefficient (Wildman–Crippen LogP) is 4.50. The zero-order valence-corrected chi connectivity index (χ0v) is 15.0. The fourth-order valence-corrected chi connectivity index (χ4v) is 3.61. The van der Waals surface area contributed by atoms with Crippen molar-refractivity contribution in [1.82, 2.24) is 9.97 Å². The Labute approximate surface area is 157 Å². The van der Waals surface area contributed by atoms with Crippen molar-refractivity contribution >= 4 is 55.3 Å². The number of carbonyl (C=O) groups excluding carboxylic acids is 1. The number of rotatable bonds is 3. The van der Waals surface area contributed by atoms with Crippen molar-refractivity contribution in [3.63, 3.8) is 0 Å². The van der Waals surface area contributed by atoms with Crippen molar-refractivity contribution in [2.75, 3.05) is 10.6 Å². The first kappa shape index (κ1) is 16.9. The molecule has 4 rings (SSSR count). The van der Waals surface area contributed by atoms with Crippen LogP contribution in [0.4, 0.5) is 15.6 Å². The number of aromatic nitrogens is 2. The van der Waals surface area contributed by atoms with Gasteiger partial charge in [0.05, 0.1) is 15.7 Å². The molecule has 4 aromatic rings. The van der Waals surface area contributed by atoms with Gasteiger partial charge in [-0.05, 0) is 49.4 Å². The lowest BCUT2D eigenvalue weighted by atomic mass is 10.1. The lowest BCUT2D eigenvalue weighted by Crippen LogP contribution is -2.11. The molecule has 134 valence electrons. The third-order valence-electron chi connectivity index (χ3n) is 3.95. The maximum atomic E-state index is 12.6. The molecule has 2 amide bonds. The summed E-state index contributed by atoms with van der Waals surface area (Å²) >= 11 is 1.18. The average molecular weight is 378 g/mol. The van der Waals surface area contributed by atoms with Gasteiger partial charge in [0.2, 0.25) is 0 Å². The van der Waals surface area contributed by atoms with Gasteiger partial charge in [0, 0.05) is 22.3 Å². The number of aryl methyl sites for hydroxylation is 1. The third-order valence-corrected chi connectivity index (χ3v) is 4.88. The van der Waals surface area contributed by atoms with E-state index in [1.807, 2.05) is 37.3 Å². The highest BCUT2D eigenvalue weighted by Crippen LogP contribution is 2.27. The first-order valence-electron chi connectivity index (χ1n) is 8.07. The van der Waals surface area contributed by atoms with Gasteiger partial charge >= 0.3 is 6.09 Å². The molecule has 7 nitrogen and oxygen atoms in total. The molecule has 0 atom stereocenters. The van der Waals surface area contributed by atoms with Crippen molar-refractivity contribution < 1.29 is 14.7 Å². The van der Waals surface area contributed by atoms with Crippen LogP contribution in [0.1, 0.15) is 16.1 Å². The molecule has 0 unspecified atom stereocenters. The molecule has 0 saturated carbocycles. The lowest BCUT2D eigenvalue weighted by molar-refractivity contribution is 0.102. The van der Waals surface area contributed by atoms with Crippen LogP contribution in [-0.4, -0.2) is 27.1 Å². The number of pyridine rings is 1. The monoisotopic (exact) mass is 378 g/mol. The Kier molecular flexibility index (Phi) is 4.17. The first-order chi connectivity index (χ1) is 13.0. The van der Waals surface area contributed by atoms with Crippen molar-refractivity contribution in [3.8, 4) is 0 Å². The molecule has 0 aliphatic heterocycles. The number of thiazole rings is 1. The fraction of sp³-hybridized carbons (Fsp3) is 0.0526. The normalized spacial score (nSPS) is 10.9. The van der Waals surface area contributed by atoms with E-state index >= 15 is 0 Å². The molecule has 2 aromatic carbocycles. The number of fused-ring (bicyclic) bond motifs is 2. The lowest BCUT2D eigenvalue weighted by Gasteiger charge is -2.07. The molecule has 2 aromatic heterocycles. The second-order valence-electron chi connectivity index (χ2n) is 5.95. The molecule has 0 spiro atoms. The topological polar surface area (TPSA) is 104 Å². The van der Waals surface area contributed by atoms with Crippen LogP contribution < -0.4 is 10.6 Å². The molecular formula is C19H14N4O3S. The molecule has 2 heterocycles. The van der Waals surface area contributed by atoms with Gasteiger partial charge in [0.25, 0.3) is 5.91 Å². The Morgan fingerprint density at radius 3 is 2.59 bits per heavy atom. The standard InChI is InChI=1S/C19H14N4O3S/c1-10-2-3-11-8-13(5-7-14(11)20-10)21-17(24)12-4-6-15-16(9-12)27-18(22-15)23-19(25)26/h2-9H,1H3,(H,21,24)(H,22,23)(H,25,26). The Morgan fingerprint density at radius 2 is 1.78 bits per heavy atom. The van der Waals surface area contributed by atoms with E-state index in [4.69, 9.17) is 5.11 Å². The van der Waals surface area contributed by atoms with E-state index in [1.54, 1.807) is 18.2 Å². The molecule has 8 heteroatoms. The van der Waals surface area contributed by atoms with E-state index in [2.05, 4.69) is 20.6 Å². The maximum absolute atomic E-state index is 12.6. The molecule has 0 radical (unpaired) electrons. The summed E-state index contributed by atoms with van der Waals surface area (Å²) in [4.78, 5) is 31.9. The molecule has 0 aliphatic rings. The summed E-state index contributed by atoms with van der Waals surface area (Å²) in [6, 6.07) is 14.5. The molecule has 27 heavy (non-hydrogen) atoms. The summed E-state index contributed by atoms with van der Waals surface area (Å²) in [6.45, 7) is 1.93. The smallest absolute Gasteiger partial charge is 0.410 e. The summed E-state index contributed by atoms with van der Waals surface area (Å²) in [5.41, 5.74) is 3.59. The van der Waals surface area contributed by atoms with Gasteiger partial charge < -0.3 is 10.4 Å². The van der Waals surface area contributed by atoms with Gasteiger partial charge in [0.1, 0.15) is 0 Å². The minimum Gasteiger partial charge on any atom is -0.465 e. The zero-order chi connectivity index (χ0) is 19.0. The number of amides is 2. The molecular weight excluding hydrogens is 364 g/mol. The van der Waals surface area contributed by atoms with Crippen LogP contribution in [0.5, 0.6) is 0 Å². The maximum Gasteiger partial charge on any atom is 0.410 e. The van der Waals surface area contributed by atoms with E-state index in [0.29, 0.717) is 16.8 Å². The Morgan fingerprint density at radius 1 is 0.963 bits per heavy atom. The van der Waals surface area contributed by atoms with Crippen LogP contribution in [0.3, 0.4) is 0 Å². The van der Waals surface area contributed by atoms with Crippen LogP contribution >= 0.6 is 11.3 Å². The third kappa shape index (κ3) is 3.56. The summed E-state index contributed by atoms with van der Waals surface area (Å²) in [7, 11) is 0. The Balaban J connectivity index is 1.58. The highest BCUT2D eigenvalue weighted by atomic mass is 32.1. The second-order valence-corrected chi connectivity index (χ2v) is 6.98. The van der Waals surface area contributed by atoms with E-state index in [-0.39, 0.29) is 11.0 Å². The number of nitrogens with one attached hydrogen (secondary N) is 2. The number of nitrogens with zero attached hydrogens (tertiary/aromatic N) is 2. The van der Waals surface area contributed by atoms with Crippen molar-refractivity contribution in [2.24, 2.45) is 0 Å². The van der Waals surface area contributed by atoms with Crippen molar-refractivity contribution in [1.29, 1.82) is 0 Å². The van der Waals surface area contributed by atoms with E-state index in [0.717, 1.165) is 21.3 Å². The largest absolute Gasteiger partial charge is 0.465 e. The number of anilines is 2. The van der Waals surface area contributed by atoms with Gasteiger partial charge in [-0.1, -0.05) is 17.4 Å². The van der Waals surface area contributed by atoms with Crippen LogP contribution in [0.25, 0.3) is 21.1 Å². The summed E-state index contributed by atoms with van der Waals surface area (Å²) in [5.74, 6) is -0.252. The van der Waals surface area contributed by atoms with Crippen LogP contribution in [0.2, 0.25) is 0 Å². The number of hydrogen-bond donors (Lipinski definition) is 3. The van der Waals surface area contributed by atoms with Crippen LogP contribution in [-0.2, 0) is 0 Å². The number of carbonyl (C=O) groups is 2. The van der Waals surface area contributed by atoms with E-state index in [9.17, 15) is 9.59 Å². The summed E-state index contributed by atoms with van der Waals surface area (Å²) in [5, 5.41) is 15.1. The quantitative estimate of drug-likeness (QED) is 0.487. The van der Waals surface area contributed by atoms with Crippen molar-refractivity contribution in [3.05, 3.63) is 59.8 Å². The highest BCUT2D eigenvalue weighted by Gasteiger charge is 2.11. The molecule has 3 N–H and O–H groups in total. The minimum atomic E-state index is -1.17. The SMILES string of the molecule is Cc1ccc2cc(NC(=O)c3ccc4nc(NC(=O)O)sc4c3)ccc2n1. The van der Waals surface area contributed by atoms with Gasteiger partial charge in [-0.15, -0.1) is 0 Å². The summed E-state index contributed by atoms with van der Waals surface area (Å²) < 4.78 is 0.726. The number of carboxylic acid groups (broad SMARTS) is 1. The predicted molar refractivity (Wildman–Crippen MR) is 106 cm³/mol. The van der Waals surface area contributed by atoms with E-state index < -0.39 is 6.09 Å². The number of hydrogen-bond acceptors (Lipinski definition) is 5. The molecule has 0 bridgehead atoms. The fourth-order valence-electron chi connectivity index (χ4n) is 2.72. The van der Waals surface area contributed by atoms with Crippen molar-refractivity contribution in [2.45, 2.75) is 6.92 Å². The van der Waals surface area contributed by atoms with Gasteiger partial charge in [-0.2, -0.15) is 0 Å². The minimum absolute atomic E-state index is 0.252. The molecule has 0 fully saturated rings. The van der Waals surface area contributed by atoms with E-state index in [1.165, 1.54) is 11.3 Å². The Bertz CT molecular complexity index is 1200. The molecule has 0 saturated heterocycles. The Hall–Kier alpha value is -3.52. The summed E-state index contributed by atoms with van der Waals surface area (Å²) in [6.07, 6.45) is -1.17. The van der Waals surface area contributed by atoms with Crippen LogP contribution in [0, 0.1) is 6.92 Å². The average Bonchev–Trinajstić information content (AvgIpc) is 3.02. The number of benzene rings is 2. The first-order valence-corrected chi connectivity index (χ1v) is 8.89. The van der Waals surface area contributed by atoms with Crippen LogP contribution in [0.15, 0.2) is 48.5 Å².